The Labute approximate surface area is 152 Å². The molecule has 0 bridgehead atoms. The van der Waals surface area contributed by atoms with E-state index < -0.39 is 6.67 Å². The van der Waals surface area contributed by atoms with E-state index in [-0.39, 0.29) is 23.4 Å². The van der Waals surface area contributed by atoms with Gasteiger partial charge in [0.05, 0.1) is 12.2 Å². The fourth-order valence-corrected chi connectivity index (χ4v) is 3.19. The number of nitrogens with one attached hydrogen (secondary N) is 1. The molecule has 0 saturated heterocycles. The van der Waals surface area contributed by atoms with Gasteiger partial charge in [-0.2, -0.15) is 5.10 Å². The van der Waals surface area contributed by atoms with Gasteiger partial charge in [0, 0.05) is 5.92 Å². The van der Waals surface area contributed by atoms with Crippen LogP contribution in [0.25, 0.3) is 11.0 Å². The van der Waals surface area contributed by atoms with Gasteiger partial charge in [0.2, 0.25) is 0 Å². The lowest BCUT2D eigenvalue weighted by molar-refractivity contribution is 0.431. The molecule has 1 aromatic carbocycles. The Morgan fingerprint density at radius 1 is 1.23 bits per heavy atom. The predicted molar refractivity (Wildman–Crippen MR) is 102 cm³/mol. The van der Waals surface area contributed by atoms with Crippen molar-refractivity contribution in [3.05, 3.63) is 57.3 Å². The van der Waals surface area contributed by atoms with Crippen LogP contribution in [0.1, 0.15) is 56.3 Å². The molecular weight excluding hydrogens is 331 g/mol. The van der Waals surface area contributed by atoms with Gasteiger partial charge in [-0.1, -0.05) is 52.0 Å². The summed E-state index contributed by atoms with van der Waals surface area (Å²) in [5.41, 5.74) is 3.73. The Hall–Kier alpha value is -2.50. The Bertz CT molecular complexity index is 980. The normalized spacial score (nSPS) is 13.3. The summed E-state index contributed by atoms with van der Waals surface area (Å²) in [6, 6.07) is 8.42. The maximum atomic E-state index is 12.9. The van der Waals surface area contributed by atoms with Crippen molar-refractivity contribution in [2.24, 2.45) is 0 Å². The first kappa shape index (κ1) is 18.3. The van der Waals surface area contributed by atoms with Crippen molar-refractivity contribution >= 4 is 11.0 Å². The highest BCUT2D eigenvalue weighted by Crippen LogP contribution is 2.30. The van der Waals surface area contributed by atoms with Crippen molar-refractivity contribution in [1.82, 2.24) is 19.7 Å². The van der Waals surface area contributed by atoms with E-state index in [0.29, 0.717) is 22.6 Å². The summed E-state index contributed by atoms with van der Waals surface area (Å²) in [7, 11) is 0. The highest BCUT2D eigenvalue weighted by Gasteiger charge is 2.22. The van der Waals surface area contributed by atoms with Crippen LogP contribution in [0.3, 0.4) is 0 Å². The third-order valence-corrected chi connectivity index (χ3v) is 4.73. The number of alkyl halides is 1. The number of hydrogen-bond acceptors (Lipinski definition) is 3. The number of aromatic nitrogens is 4. The summed E-state index contributed by atoms with van der Waals surface area (Å²) in [5.74, 6) is 0.472. The summed E-state index contributed by atoms with van der Waals surface area (Å²) < 4.78 is 14.3. The molecule has 0 fully saturated rings. The zero-order valence-electron chi connectivity index (χ0n) is 15.9. The molecule has 26 heavy (non-hydrogen) atoms. The fraction of sp³-hybridized carbons (Fsp3) is 0.450. The van der Waals surface area contributed by atoms with Crippen LogP contribution < -0.4 is 5.56 Å². The second-order valence-electron chi connectivity index (χ2n) is 7.74. The zero-order chi connectivity index (χ0) is 19.1. The number of halogens is 1. The second kappa shape index (κ2) is 6.67. The quantitative estimate of drug-likeness (QED) is 0.772. The summed E-state index contributed by atoms with van der Waals surface area (Å²) in [6.07, 6.45) is 0. The number of hydrogen-bond donors (Lipinski definition) is 1. The van der Waals surface area contributed by atoms with Gasteiger partial charge in [-0.3, -0.25) is 9.48 Å². The van der Waals surface area contributed by atoms with Crippen LogP contribution in [0.15, 0.2) is 29.1 Å². The maximum Gasteiger partial charge on any atom is 0.277 e. The maximum absolute atomic E-state index is 12.9. The van der Waals surface area contributed by atoms with Crippen molar-refractivity contribution in [2.45, 2.75) is 52.5 Å². The molecule has 0 spiro atoms. The molecule has 2 heterocycles. The Morgan fingerprint density at radius 2 is 1.88 bits per heavy atom. The van der Waals surface area contributed by atoms with Gasteiger partial charge in [-0.25, -0.2) is 9.37 Å². The number of H-pyrrole nitrogens is 1. The number of aromatic amines is 1. The molecule has 5 nitrogen and oxygen atoms in total. The van der Waals surface area contributed by atoms with E-state index in [0.717, 1.165) is 5.56 Å². The summed E-state index contributed by atoms with van der Waals surface area (Å²) in [4.78, 5) is 19.5. The van der Waals surface area contributed by atoms with E-state index in [4.69, 9.17) is 0 Å². The SMILES string of the molecule is Cc1nc2c(C(C)c3ccc(C(C)(C)C)cc3)nn(CCF)c2c(=O)[nH]1. The monoisotopic (exact) mass is 356 g/mol. The molecule has 0 radical (unpaired) electrons. The average Bonchev–Trinajstić information content (AvgIpc) is 2.92. The molecular formula is C20H25FN4O. The highest BCUT2D eigenvalue weighted by molar-refractivity contribution is 5.77. The van der Waals surface area contributed by atoms with E-state index in [9.17, 15) is 9.18 Å². The first-order chi connectivity index (χ1) is 12.2. The van der Waals surface area contributed by atoms with E-state index >= 15 is 0 Å². The van der Waals surface area contributed by atoms with E-state index in [1.807, 2.05) is 6.92 Å². The van der Waals surface area contributed by atoms with Crippen molar-refractivity contribution < 1.29 is 4.39 Å². The summed E-state index contributed by atoms with van der Waals surface area (Å²) in [6.45, 7) is 9.76. The minimum absolute atomic E-state index is 0.0417. The summed E-state index contributed by atoms with van der Waals surface area (Å²) >= 11 is 0. The van der Waals surface area contributed by atoms with Gasteiger partial charge in [0.1, 0.15) is 18.0 Å². The molecule has 6 heteroatoms. The molecule has 0 aliphatic carbocycles. The van der Waals surface area contributed by atoms with Crippen molar-refractivity contribution in [2.75, 3.05) is 6.67 Å². The Morgan fingerprint density at radius 3 is 2.46 bits per heavy atom. The van der Waals surface area contributed by atoms with E-state index in [2.05, 4.69) is 60.1 Å². The predicted octanol–water partition coefficient (Wildman–Crippen LogP) is 3.85. The number of fused-ring (bicyclic) bond motifs is 1. The van der Waals surface area contributed by atoms with Gasteiger partial charge in [0.15, 0.2) is 5.52 Å². The highest BCUT2D eigenvalue weighted by atomic mass is 19.1. The molecule has 0 aliphatic rings. The molecule has 138 valence electrons. The first-order valence-electron chi connectivity index (χ1n) is 8.86. The van der Waals surface area contributed by atoms with Gasteiger partial charge in [-0.15, -0.1) is 0 Å². The minimum Gasteiger partial charge on any atom is -0.309 e. The smallest absolute Gasteiger partial charge is 0.277 e. The number of rotatable bonds is 4. The Kier molecular flexibility index (Phi) is 4.69. The molecule has 0 aliphatic heterocycles. The van der Waals surface area contributed by atoms with Gasteiger partial charge >= 0.3 is 0 Å². The fourth-order valence-electron chi connectivity index (χ4n) is 3.19. The molecule has 1 atom stereocenters. The molecule has 1 N–H and O–H groups in total. The van der Waals surface area contributed by atoms with Crippen LogP contribution in [0.5, 0.6) is 0 Å². The molecule has 2 aromatic heterocycles. The number of benzene rings is 1. The zero-order valence-corrected chi connectivity index (χ0v) is 15.9. The lowest BCUT2D eigenvalue weighted by atomic mass is 9.85. The Balaban J connectivity index is 2.11. The van der Waals surface area contributed by atoms with Crippen LogP contribution >= 0.6 is 0 Å². The standard InChI is InChI=1S/C20H25FN4O/c1-12(14-6-8-15(9-7-14)20(3,4)5)16-17-18(25(24-16)11-10-21)19(26)23-13(2)22-17/h6-9,12H,10-11H2,1-5H3,(H,22,23,26). The minimum atomic E-state index is -0.585. The van der Waals surface area contributed by atoms with E-state index in [1.54, 1.807) is 6.92 Å². The first-order valence-corrected chi connectivity index (χ1v) is 8.86. The van der Waals surface area contributed by atoms with Gasteiger partial charge in [0.25, 0.3) is 5.56 Å². The third-order valence-electron chi connectivity index (χ3n) is 4.73. The lowest BCUT2D eigenvalue weighted by Gasteiger charge is -2.20. The van der Waals surface area contributed by atoms with Crippen LogP contribution in [-0.4, -0.2) is 26.4 Å². The van der Waals surface area contributed by atoms with Crippen molar-refractivity contribution in [3.63, 3.8) is 0 Å². The van der Waals surface area contributed by atoms with Crippen LogP contribution in [0, 0.1) is 6.92 Å². The second-order valence-corrected chi connectivity index (χ2v) is 7.74. The third kappa shape index (κ3) is 3.28. The topological polar surface area (TPSA) is 63.6 Å². The number of nitrogens with zero attached hydrogens (tertiary/aromatic N) is 3. The molecule has 1 unspecified atom stereocenters. The van der Waals surface area contributed by atoms with Crippen LogP contribution in [-0.2, 0) is 12.0 Å². The van der Waals surface area contributed by atoms with Gasteiger partial charge in [-0.05, 0) is 23.5 Å². The molecule has 0 amide bonds. The lowest BCUT2D eigenvalue weighted by Crippen LogP contribution is -2.14. The van der Waals surface area contributed by atoms with Crippen LogP contribution in [0.2, 0.25) is 0 Å². The van der Waals surface area contributed by atoms with Gasteiger partial charge < -0.3 is 4.98 Å². The molecule has 3 rings (SSSR count). The number of aryl methyl sites for hydroxylation is 2. The average molecular weight is 356 g/mol. The largest absolute Gasteiger partial charge is 0.309 e. The van der Waals surface area contributed by atoms with Crippen molar-refractivity contribution in [1.29, 1.82) is 0 Å². The van der Waals surface area contributed by atoms with E-state index in [1.165, 1.54) is 10.2 Å². The van der Waals surface area contributed by atoms with Crippen LogP contribution in [0.4, 0.5) is 4.39 Å². The van der Waals surface area contributed by atoms with Crippen molar-refractivity contribution in [3.8, 4) is 0 Å². The molecule has 3 aromatic rings. The summed E-state index contributed by atoms with van der Waals surface area (Å²) in [5, 5.41) is 4.52. The molecule has 0 saturated carbocycles.